The van der Waals surface area contributed by atoms with Gasteiger partial charge in [-0.3, -0.25) is 4.79 Å². The molecule has 0 saturated carbocycles. The van der Waals surface area contributed by atoms with Gasteiger partial charge in [-0.1, -0.05) is 6.07 Å². The molecule has 6 nitrogen and oxygen atoms in total. The number of benzene rings is 1. The number of primary sulfonamides is 1. The molecule has 0 bridgehead atoms. The van der Waals surface area contributed by atoms with Gasteiger partial charge in [-0.2, -0.15) is 0 Å². The van der Waals surface area contributed by atoms with E-state index in [4.69, 9.17) is 5.14 Å². The van der Waals surface area contributed by atoms with Gasteiger partial charge in [0.2, 0.25) is 10.0 Å². The molecule has 3 N–H and O–H groups in total. The van der Waals surface area contributed by atoms with Crippen LogP contribution in [0.15, 0.2) is 41.3 Å². The summed E-state index contributed by atoms with van der Waals surface area (Å²) in [7, 11) is -4.14. The Hall–Kier alpha value is -2.32. The van der Waals surface area contributed by atoms with Gasteiger partial charge >= 0.3 is 0 Å². The molecule has 0 radical (unpaired) electrons. The van der Waals surface area contributed by atoms with Crippen molar-refractivity contribution in [3.63, 3.8) is 0 Å². The monoisotopic (exact) mass is 309 g/mol. The third-order valence-electron chi connectivity index (χ3n) is 2.62. The van der Waals surface area contributed by atoms with Crippen LogP contribution in [-0.2, 0) is 10.0 Å². The number of carbonyl (C=O) groups is 1. The fourth-order valence-electron chi connectivity index (χ4n) is 1.67. The van der Waals surface area contributed by atoms with Gasteiger partial charge in [0.05, 0.1) is 0 Å². The van der Waals surface area contributed by atoms with Gasteiger partial charge < -0.3 is 5.32 Å². The van der Waals surface area contributed by atoms with Crippen LogP contribution in [0.2, 0.25) is 0 Å². The zero-order valence-electron chi connectivity index (χ0n) is 11.0. The van der Waals surface area contributed by atoms with Crippen molar-refractivity contribution in [1.29, 1.82) is 0 Å². The van der Waals surface area contributed by atoms with Crippen LogP contribution in [0.25, 0.3) is 0 Å². The van der Waals surface area contributed by atoms with Gasteiger partial charge in [-0.25, -0.2) is 22.9 Å². The second-order valence-electron chi connectivity index (χ2n) is 4.31. The summed E-state index contributed by atoms with van der Waals surface area (Å²) in [6.45, 7) is 1.73. The number of rotatable bonds is 3. The van der Waals surface area contributed by atoms with Crippen molar-refractivity contribution in [2.75, 3.05) is 5.32 Å². The number of aromatic nitrogens is 1. The number of sulfonamides is 1. The van der Waals surface area contributed by atoms with Crippen LogP contribution in [0.1, 0.15) is 16.2 Å². The minimum absolute atomic E-state index is 0.105. The van der Waals surface area contributed by atoms with E-state index in [1.807, 2.05) is 0 Å². The molecule has 2 aromatic rings. The number of nitrogens with one attached hydrogen (secondary N) is 1. The molecule has 8 heteroatoms. The summed E-state index contributed by atoms with van der Waals surface area (Å²) >= 11 is 0. The van der Waals surface area contributed by atoms with E-state index in [9.17, 15) is 17.6 Å². The van der Waals surface area contributed by atoms with Gasteiger partial charge in [0.1, 0.15) is 16.4 Å². The van der Waals surface area contributed by atoms with Gasteiger partial charge in [-0.05, 0) is 37.3 Å². The molecule has 0 spiro atoms. The number of pyridine rings is 1. The smallest absolute Gasteiger partial charge is 0.274 e. The summed E-state index contributed by atoms with van der Waals surface area (Å²) < 4.78 is 35.8. The topological polar surface area (TPSA) is 102 Å². The first-order valence-corrected chi connectivity index (χ1v) is 7.39. The zero-order chi connectivity index (χ0) is 15.6. The molecule has 2 rings (SSSR count). The average molecular weight is 309 g/mol. The van der Waals surface area contributed by atoms with E-state index in [2.05, 4.69) is 10.3 Å². The molecule has 1 aromatic carbocycles. The van der Waals surface area contributed by atoms with Crippen molar-refractivity contribution in [1.82, 2.24) is 4.98 Å². The number of carbonyl (C=O) groups excluding carboxylic acids is 1. The normalized spacial score (nSPS) is 11.2. The maximum absolute atomic E-state index is 13.6. The minimum atomic E-state index is -4.14. The first-order chi connectivity index (χ1) is 9.77. The number of amides is 1. The molecule has 0 aliphatic carbocycles. The molecule has 0 unspecified atom stereocenters. The molecule has 0 aliphatic heterocycles. The highest BCUT2D eigenvalue weighted by atomic mass is 32.2. The van der Waals surface area contributed by atoms with E-state index in [1.165, 1.54) is 12.1 Å². The Kier molecular flexibility index (Phi) is 4.01. The van der Waals surface area contributed by atoms with E-state index < -0.39 is 26.6 Å². The van der Waals surface area contributed by atoms with Gasteiger partial charge in [0.25, 0.3) is 5.91 Å². The molecule has 0 saturated heterocycles. The second-order valence-corrected chi connectivity index (χ2v) is 5.84. The van der Waals surface area contributed by atoms with Crippen molar-refractivity contribution >= 4 is 21.6 Å². The lowest BCUT2D eigenvalue weighted by atomic mass is 10.2. The largest absolute Gasteiger partial charge is 0.321 e. The van der Waals surface area contributed by atoms with Gasteiger partial charge in [0.15, 0.2) is 0 Å². The molecule has 21 heavy (non-hydrogen) atoms. The lowest BCUT2D eigenvalue weighted by Crippen LogP contribution is -2.16. The van der Waals surface area contributed by atoms with E-state index in [0.29, 0.717) is 5.69 Å². The highest BCUT2D eigenvalue weighted by molar-refractivity contribution is 7.89. The SMILES string of the molecule is Cc1cccc(C(=O)Nc2ccc(S(N)(=O)=O)c(F)c2)n1. The van der Waals surface area contributed by atoms with Crippen LogP contribution in [-0.4, -0.2) is 19.3 Å². The Bertz CT molecular complexity index is 806. The summed E-state index contributed by atoms with van der Waals surface area (Å²) in [5, 5.41) is 7.28. The summed E-state index contributed by atoms with van der Waals surface area (Å²) in [6, 6.07) is 8.03. The quantitative estimate of drug-likeness (QED) is 0.895. The van der Waals surface area contributed by atoms with Gasteiger partial charge in [-0.15, -0.1) is 0 Å². The standard InChI is InChI=1S/C13H12FN3O3S/c1-8-3-2-4-11(16-8)13(18)17-9-5-6-12(10(14)7-9)21(15,19)20/h2-7H,1H3,(H,17,18)(H2,15,19,20). The maximum atomic E-state index is 13.6. The maximum Gasteiger partial charge on any atom is 0.274 e. The molecule has 110 valence electrons. The Balaban J connectivity index is 2.25. The van der Waals surface area contributed by atoms with E-state index in [1.54, 1.807) is 19.1 Å². The van der Waals surface area contributed by atoms with Crippen LogP contribution >= 0.6 is 0 Å². The molecule has 1 heterocycles. The van der Waals surface area contributed by atoms with Crippen molar-refractivity contribution < 1.29 is 17.6 Å². The number of anilines is 1. The van der Waals surface area contributed by atoms with Crippen molar-refractivity contribution in [3.05, 3.63) is 53.6 Å². The second kappa shape index (κ2) is 5.58. The van der Waals surface area contributed by atoms with Crippen molar-refractivity contribution in [2.45, 2.75) is 11.8 Å². The molecular weight excluding hydrogens is 297 g/mol. The number of aryl methyl sites for hydroxylation is 1. The lowest BCUT2D eigenvalue weighted by molar-refractivity contribution is 0.102. The van der Waals surface area contributed by atoms with Gasteiger partial charge in [0, 0.05) is 11.4 Å². The average Bonchev–Trinajstić information content (AvgIpc) is 2.37. The first kappa shape index (κ1) is 15.1. The third kappa shape index (κ3) is 3.61. The lowest BCUT2D eigenvalue weighted by Gasteiger charge is -2.07. The molecule has 0 fully saturated rings. The number of hydrogen-bond acceptors (Lipinski definition) is 4. The fourth-order valence-corrected chi connectivity index (χ4v) is 2.26. The fraction of sp³-hybridized carbons (Fsp3) is 0.0769. The molecule has 0 aliphatic rings. The van der Waals surface area contributed by atoms with E-state index in [0.717, 1.165) is 12.1 Å². The Morgan fingerprint density at radius 2 is 2.00 bits per heavy atom. The predicted molar refractivity (Wildman–Crippen MR) is 74.7 cm³/mol. The summed E-state index contributed by atoms with van der Waals surface area (Å²) in [5.74, 6) is -1.56. The highest BCUT2D eigenvalue weighted by Crippen LogP contribution is 2.18. The molecule has 1 aromatic heterocycles. The van der Waals surface area contributed by atoms with Crippen molar-refractivity contribution in [2.24, 2.45) is 5.14 Å². The third-order valence-corrected chi connectivity index (χ3v) is 3.56. The number of halogens is 1. The summed E-state index contributed by atoms with van der Waals surface area (Å²) in [6.07, 6.45) is 0. The molecule has 0 atom stereocenters. The van der Waals surface area contributed by atoms with Crippen LogP contribution in [0.3, 0.4) is 0 Å². The van der Waals surface area contributed by atoms with Crippen molar-refractivity contribution in [3.8, 4) is 0 Å². The zero-order valence-corrected chi connectivity index (χ0v) is 11.8. The summed E-state index contributed by atoms with van der Waals surface area (Å²) in [4.78, 5) is 15.3. The van der Waals surface area contributed by atoms with Crippen LogP contribution in [0.5, 0.6) is 0 Å². The number of nitrogens with two attached hydrogens (primary N) is 1. The Morgan fingerprint density at radius 3 is 2.57 bits per heavy atom. The Labute approximate surface area is 120 Å². The molecule has 1 amide bonds. The number of nitrogens with zero attached hydrogens (tertiary/aromatic N) is 1. The van der Waals surface area contributed by atoms with Crippen LogP contribution < -0.4 is 10.5 Å². The number of hydrogen-bond donors (Lipinski definition) is 2. The Morgan fingerprint density at radius 1 is 1.29 bits per heavy atom. The van der Waals surface area contributed by atoms with Crippen LogP contribution in [0, 0.1) is 12.7 Å². The summed E-state index contributed by atoms with van der Waals surface area (Å²) in [5.41, 5.74) is 0.942. The highest BCUT2D eigenvalue weighted by Gasteiger charge is 2.15. The first-order valence-electron chi connectivity index (χ1n) is 5.85. The predicted octanol–water partition coefficient (Wildman–Crippen LogP) is 1.43. The van der Waals surface area contributed by atoms with E-state index >= 15 is 0 Å². The minimum Gasteiger partial charge on any atom is -0.321 e. The molecular formula is C13H12FN3O3S. The van der Waals surface area contributed by atoms with Crippen LogP contribution in [0.4, 0.5) is 10.1 Å². The van der Waals surface area contributed by atoms with E-state index in [-0.39, 0.29) is 11.4 Å².